The molecule has 0 spiro atoms. The van der Waals surface area contributed by atoms with E-state index in [-0.39, 0.29) is 6.54 Å². The molecule has 20 heavy (non-hydrogen) atoms. The Labute approximate surface area is 116 Å². The Balaban J connectivity index is 2.08. The van der Waals surface area contributed by atoms with E-state index in [1.165, 1.54) is 6.92 Å². The summed E-state index contributed by atoms with van der Waals surface area (Å²) in [7, 11) is -3.88. The molecule has 1 amide bonds. The van der Waals surface area contributed by atoms with Gasteiger partial charge in [0.05, 0.1) is 12.2 Å². The van der Waals surface area contributed by atoms with Crippen LogP contribution in [0.5, 0.6) is 0 Å². The average molecular weight is 300 g/mol. The van der Waals surface area contributed by atoms with Gasteiger partial charge in [0.25, 0.3) is 0 Å². The molecule has 1 aliphatic heterocycles. The average Bonchev–Trinajstić information content (AvgIpc) is 2.36. The highest BCUT2D eigenvalue weighted by atomic mass is 32.2. The number of carbonyl (C=O) groups is 1. The van der Waals surface area contributed by atoms with Crippen molar-refractivity contribution in [2.24, 2.45) is 0 Å². The van der Waals surface area contributed by atoms with Crippen LogP contribution < -0.4 is 15.4 Å². The number of aliphatic hydroxyl groups is 1. The molecule has 3 unspecified atom stereocenters. The predicted molar refractivity (Wildman–Crippen MR) is 70.5 cm³/mol. The van der Waals surface area contributed by atoms with Crippen molar-refractivity contribution in [1.82, 2.24) is 20.3 Å². The van der Waals surface area contributed by atoms with Crippen LogP contribution >= 0.6 is 0 Å². The molecule has 9 heteroatoms. The summed E-state index contributed by atoms with van der Waals surface area (Å²) in [4.78, 5) is 15.7. The Morgan fingerprint density at radius 3 is 2.80 bits per heavy atom. The molecule has 3 atom stereocenters. The second-order valence-corrected chi connectivity index (χ2v) is 6.36. The van der Waals surface area contributed by atoms with Crippen LogP contribution in [0.4, 0.5) is 0 Å². The Kier molecular flexibility index (Phi) is 4.33. The minimum Gasteiger partial charge on any atom is -0.361 e. The van der Waals surface area contributed by atoms with Crippen LogP contribution in [-0.2, 0) is 21.4 Å². The molecule has 0 aromatic carbocycles. The number of aliphatic hydroxyl groups excluding tert-OH is 1. The summed E-state index contributed by atoms with van der Waals surface area (Å²) in [5.74, 6) is -0.739. The number of carbonyl (C=O) groups excluding carboxylic acids is 1. The number of pyridine rings is 1. The molecule has 0 radical (unpaired) electrons. The van der Waals surface area contributed by atoms with E-state index in [1.54, 1.807) is 24.4 Å². The molecule has 110 valence electrons. The van der Waals surface area contributed by atoms with Gasteiger partial charge in [-0.05, 0) is 19.1 Å². The first-order valence-corrected chi connectivity index (χ1v) is 7.57. The van der Waals surface area contributed by atoms with Crippen LogP contribution in [0.1, 0.15) is 12.6 Å². The van der Waals surface area contributed by atoms with Gasteiger partial charge in [-0.3, -0.25) is 15.1 Å². The van der Waals surface area contributed by atoms with Gasteiger partial charge in [0, 0.05) is 12.2 Å². The second kappa shape index (κ2) is 5.83. The second-order valence-electron chi connectivity index (χ2n) is 4.47. The fourth-order valence-electron chi connectivity index (χ4n) is 2.00. The molecule has 0 saturated carbocycles. The van der Waals surface area contributed by atoms with Gasteiger partial charge in [-0.15, -0.1) is 0 Å². The van der Waals surface area contributed by atoms with E-state index in [1.807, 2.05) is 0 Å². The van der Waals surface area contributed by atoms with Crippen LogP contribution in [0.15, 0.2) is 24.4 Å². The third-order valence-corrected chi connectivity index (χ3v) is 4.76. The van der Waals surface area contributed by atoms with E-state index in [9.17, 15) is 18.3 Å². The number of aromatic nitrogens is 1. The fraction of sp³-hybridized carbons (Fsp3) is 0.455. The van der Waals surface area contributed by atoms with Crippen LogP contribution in [0, 0.1) is 0 Å². The van der Waals surface area contributed by atoms with Crippen LogP contribution in [0.25, 0.3) is 0 Å². The Bertz CT molecular complexity index is 577. The summed E-state index contributed by atoms with van der Waals surface area (Å²) >= 11 is 0. The first-order valence-electron chi connectivity index (χ1n) is 6.03. The molecule has 8 nitrogen and oxygen atoms in total. The standard InChI is InChI=1S/C11H16N4O4S/c1-7-9(10(16)15-11(17)14-7)20(18,19)13-6-8-4-2-3-5-12-8/h2-5,7,9,11,13-14,17H,6H2,1H3,(H,15,16). The number of rotatable bonds is 4. The van der Waals surface area contributed by atoms with Crippen molar-refractivity contribution < 1.29 is 18.3 Å². The third-order valence-electron chi connectivity index (χ3n) is 2.93. The van der Waals surface area contributed by atoms with E-state index in [2.05, 4.69) is 20.3 Å². The van der Waals surface area contributed by atoms with Crippen molar-refractivity contribution in [3.63, 3.8) is 0 Å². The van der Waals surface area contributed by atoms with E-state index in [4.69, 9.17) is 0 Å². The van der Waals surface area contributed by atoms with Gasteiger partial charge in [0.15, 0.2) is 11.6 Å². The van der Waals surface area contributed by atoms with E-state index in [0.717, 1.165) is 0 Å². The Morgan fingerprint density at radius 2 is 2.20 bits per heavy atom. The zero-order valence-electron chi connectivity index (χ0n) is 10.8. The number of nitrogens with one attached hydrogen (secondary N) is 3. The summed E-state index contributed by atoms with van der Waals surface area (Å²) < 4.78 is 26.7. The van der Waals surface area contributed by atoms with E-state index >= 15 is 0 Å². The normalized spacial score (nSPS) is 27.1. The summed E-state index contributed by atoms with van der Waals surface area (Å²) in [5.41, 5.74) is 0.549. The quantitative estimate of drug-likeness (QED) is 0.523. The first kappa shape index (κ1) is 14.9. The highest BCUT2D eigenvalue weighted by Gasteiger charge is 2.41. The van der Waals surface area contributed by atoms with Gasteiger partial charge in [0.1, 0.15) is 0 Å². The number of hydrogen-bond acceptors (Lipinski definition) is 6. The van der Waals surface area contributed by atoms with Crippen LogP contribution in [-0.4, -0.2) is 42.1 Å². The molecule has 4 N–H and O–H groups in total. The zero-order valence-corrected chi connectivity index (χ0v) is 11.6. The van der Waals surface area contributed by atoms with Crippen molar-refractivity contribution in [2.45, 2.75) is 31.1 Å². The predicted octanol–water partition coefficient (Wildman–Crippen LogP) is -1.75. The van der Waals surface area contributed by atoms with Crippen molar-refractivity contribution in [1.29, 1.82) is 0 Å². The highest BCUT2D eigenvalue weighted by molar-refractivity contribution is 7.90. The fourth-order valence-corrected chi connectivity index (χ4v) is 3.49. The molecule has 1 fully saturated rings. The van der Waals surface area contributed by atoms with Gasteiger partial charge in [-0.1, -0.05) is 6.07 Å². The number of sulfonamides is 1. The van der Waals surface area contributed by atoms with Gasteiger partial charge >= 0.3 is 0 Å². The lowest BCUT2D eigenvalue weighted by Crippen LogP contribution is -2.66. The smallest absolute Gasteiger partial charge is 0.244 e. The van der Waals surface area contributed by atoms with Crippen molar-refractivity contribution in [2.75, 3.05) is 0 Å². The topological polar surface area (TPSA) is 120 Å². The van der Waals surface area contributed by atoms with E-state index in [0.29, 0.717) is 5.69 Å². The van der Waals surface area contributed by atoms with Crippen LogP contribution in [0.3, 0.4) is 0 Å². The molecule has 1 saturated heterocycles. The summed E-state index contributed by atoms with van der Waals surface area (Å²) in [5, 5.41) is 12.7. The molecule has 1 aliphatic rings. The molecule has 1 aromatic rings. The minimum absolute atomic E-state index is 0.00221. The minimum atomic E-state index is -3.88. The van der Waals surface area contributed by atoms with Gasteiger partial charge in [0.2, 0.25) is 15.9 Å². The molecule has 0 bridgehead atoms. The summed E-state index contributed by atoms with van der Waals surface area (Å²) in [6.45, 7) is 1.52. The van der Waals surface area contributed by atoms with Crippen molar-refractivity contribution in [3.8, 4) is 0 Å². The van der Waals surface area contributed by atoms with Gasteiger partial charge in [-0.2, -0.15) is 0 Å². The Hall–Kier alpha value is -1.55. The maximum absolute atomic E-state index is 12.2. The number of nitrogens with zero attached hydrogens (tertiary/aromatic N) is 1. The highest BCUT2D eigenvalue weighted by Crippen LogP contribution is 2.10. The molecule has 1 aromatic heterocycles. The van der Waals surface area contributed by atoms with E-state index < -0.39 is 33.6 Å². The monoisotopic (exact) mass is 300 g/mol. The molecular formula is C11H16N4O4S. The maximum atomic E-state index is 12.2. The molecule has 2 heterocycles. The SMILES string of the molecule is CC1NC(O)NC(=O)C1S(=O)(=O)NCc1ccccn1. The van der Waals surface area contributed by atoms with Crippen molar-refractivity contribution >= 4 is 15.9 Å². The zero-order chi connectivity index (χ0) is 14.8. The lowest BCUT2D eigenvalue weighted by Gasteiger charge is -2.32. The largest absolute Gasteiger partial charge is 0.361 e. The van der Waals surface area contributed by atoms with Gasteiger partial charge in [-0.25, -0.2) is 13.1 Å². The molecule has 0 aliphatic carbocycles. The summed E-state index contributed by atoms with van der Waals surface area (Å²) in [6, 6.07) is 4.43. The number of amides is 1. The lowest BCUT2D eigenvalue weighted by molar-refractivity contribution is -0.127. The molecular weight excluding hydrogens is 284 g/mol. The maximum Gasteiger partial charge on any atom is 0.244 e. The van der Waals surface area contributed by atoms with Crippen molar-refractivity contribution in [3.05, 3.63) is 30.1 Å². The third kappa shape index (κ3) is 3.31. The molecule has 2 rings (SSSR count). The lowest BCUT2D eigenvalue weighted by atomic mass is 10.2. The number of hydrogen-bond donors (Lipinski definition) is 4. The Morgan fingerprint density at radius 1 is 1.45 bits per heavy atom. The first-order chi connectivity index (χ1) is 9.40. The van der Waals surface area contributed by atoms with Crippen LogP contribution in [0.2, 0.25) is 0 Å². The summed E-state index contributed by atoms with van der Waals surface area (Å²) in [6.07, 6.45) is 0.317. The van der Waals surface area contributed by atoms with Gasteiger partial charge < -0.3 is 10.4 Å².